The van der Waals surface area contributed by atoms with Crippen molar-refractivity contribution in [3.05, 3.63) is 206 Å². The van der Waals surface area contributed by atoms with Crippen molar-refractivity contribution < 1.29 is 0 Å². The van der Waals surface area contributed by atoms with E-state index in [0.29, 0.717) is 0 Å². The third-order valence-corrected chi connectivity index (χ3v) is 10.3. The van der Waals surface area contributed by atoms with Crippen LogP contribution in [0.25, 0.3) is 71.3 Å². The first-order valence-corrected chi connectivity index (χ1v) is 17.9. The van der Waals surface area contributed by atoms with Gasteiger partial charge >= 0.3 is 0 Å². The third kappa shape index (κ3) is 4.96. The number of hydrogen-bond acceptors (Lipinski definition) is 1. The Kier molecular flexibility index (Phi) is 7.18. The molecule has 0 aliphatic rings. The topological polar surface area (TPSA) is 8.17 Å². The van der Waals surface area contributed by atoms with E-state index < -0.39 is 0 Å². The van der Waals surface area contributed by atoms with Crippen LogP contribution in [0.2, 0.25) is 0 Å². The molecule has 52 heavy (non-hydrogen) atoms. The molecule has 0 N–H and O–H groups in total. The van der Waals surface area contributed by atoms with Crippen LogP contribution in [-0.4, -0.2) is 4.57 Å². The summed E-state index contributed by atoms with van der Waals surface area (Å²) in [6.45, 7) is 0. The van der Waals surface area contributed by atoms with Crippen molar-refractivity contribution in [1.82, 2.24) is 4.57 Å². The molecule has 0 amide bonds. The van der Waals surface area contributed by atoms with Crippen molar-refractivity contribution in [3.63, 3.8) is 0 Å². The van der Waals surface area contributed by atoms with Crippen molar-refractivity contribution in [1.29, 1.82) is 0 Å². The third-order valence-electron chi connectivity index (χ3n) is 10.3. The predicted octanol–water partition coefficient (Wildman–Crippen LogP) is 13.9. The standard InChI is InChI=1S/C50H34N2/c1-3-15-35(16-4-1)42-24-13-19-37-20-14-25-43(50(37)42)36-29-31-41(32-30-36)51(40-21-5-2-6-22-40)47-27-11-12-28-48(47)52-46-26-10-9-23-44(46)45-33-38-17-7-8-18-39(38)34-49(45)52/h1-34H. The highest BCUT2D eigenvalue weighted by atomic mass is 15.2. The van der Waals surface area contributed by atoms with Gasteiger partial charge in [-0.2, -0.15) is 0 Å². The number of fused-ring (bicyclic) bond motifs is 5. The van der Waals surface area contributed by atoms with E-state index in [9.17, 15) is 0 Å². The Hall–Kier alpha value is -6.90. The fraction of sp³-hybridized carbons (Fsp3) is 0. The molecule has 10 rings (SSSR count). The normalized spacial score (nSPS) is 11.5. The van der Waals surface area contributed by atoms with Gasteiger partial charge in [0, 0.05) is 22.1 Å². The smallest absolute Gasteiger partial charge is 0.0702 e. The molecule has 0 aliphatic carbocycles. The van der Waals surface area contributed by atoms with E-state index in [2.05, 4.69) is 216 Å². The molecule has 2 nitrogen and oxygen atoms in total. The molecule has 0 saturated carbocycles. The van der Waals surface area contributed by atoms with Gasteiger partial charge in [0.25, 0.3) is 0 Å². The number of aromatic nitrogens is 1. The zero-order chi connectivity index (χ0) is 34.4. The first kappa shape index (κ1) is 30.0. The molecule has 0 saturated heterocycles. The number of nitrogens with zero attached hydrogens (tertiary/aromatic N) is 2. The molecule has 0 aliphatic heterocycles. The van der Waals surface area contributed by atoms with E-state index in [4.69, 9.17) is 0 Å². The second-order valence-electron chi connectivity index (χ2n) is 13.4. The molecule has 0 spiro atoms. The summed E-state index contributed by atoms with van der Waals surface area (Å²) in [4.78, 5) is 2.39. The molecular formula is C50H34N2. The van der Waals surface area contributed by atoms with Crippen LogP contribution >= 0.6 is 0 Å². The lowest BCUT2D eigenvalue weighted by Crippen LogP contribution is -2.13. The number of rotatable bonds is 6. The van der Waals surface area contributed by atoms with E-state index in [0.717, 1.165) is 22.7 Å². The molecule has 0 radical (unpaired) electrons. The largest absolute Gasteiger partial charge is 0.308 e. The quantitative estimate of drug-likeness (QED) is 0.172. The molecule has 10 aromatic rings. The van der Waals surface area contributed by atoms with Gasteiger partial charge in [0.05, 0.1) is 22.4 Å². The van der Waals surface area contributed by atoms with E-state index >= 15 is 0 Å². The highest BCUT2D eigenvalue weighted by Crippen LogP contribution is 2.43. The lowest BCUT2D eigenvalue weighted by Gasteiger charge is -2.28. The van der Waals surface area contributed by atoms with E-state index in [1.807, 2.05) is 0 Å². The molecule has 244 valence electrons. The number of benzene rings is 9. The van der Waals surface area contributed by atoms with Gasteiger partial charge in [0.15, 0.2) is 0 Å². The van der Waals surface area contributed by atoms with Crippen LogP contribution in [0.5, 0.6) is 0 Å². The molecule has 0 unspecified atom stereocenters. The van der Waals surface area contributed by atoms with Crippen molar-refractivity contribution in [2.75, 3.05) is 4.90 Å². The van der Waals surface area contributed by atoms with Gasteiger partial charge in [0.2, 0.25) is 0 Å². The Balaban J connectivity index is 1.16. The van der Waals surface area contributed by atoms with Gasteiger partial charge in [-0.05, 0) is 98.4 Å². The first-order chi connectivity index (χ1) is 25.8. The van der Waals surface area contributed by atoms with Gasteiger partial charge in [-0.1, -0.05) is 152 Å². The monoisotopic (exact) mass is 662 g/mol. The number of para-hydroxylation sites is 4. The summed E-state index contributed by atoms with van der Waals surface area (Å²) in [5.41, 5.74) is 11.7. The zero-order valence-corrected chi connectivity index (χ0v) is 28.5. The maximum Gasteiger partial charge on any atom is 0.0702 e. The Labute approximate surface area is 303 Å². The minimum atomic E-state index is 1.09. The SMILES string of the molecule is c1ccc(-c2cccc3cccc(-c4ccc(N(c5ccccc5)c5ccccc5-n5c6ccccc6c6cc7ccccc7cc65)cc4)c23)cc1. The minimum Gasteiger partial charge on any atom is -0.308 e. The van der Waals surface area contributed by atoms with Crippen molar-refractivity contribution >= 4 is 60.4 Å². The second-order valence-corrected chi connectivity index (χ2v) is 13.4. The summed E-state index contributed by atoms with van der Waals surface area (Å²) in [5, 5.41) is 7.49. The molecule has 0 atom stereocenters. The average molecular weight is 663 g/mol. The first-order valence-electron chi connectivity index (χ1n) is 17.9. The van der Waals surface area contributed by atoms with E-state index in [-0.39, 0.29) is 0 Å². The van der Waals surface area contributed by atoms with Crippen LogP contribution in [0.4, 0.5) is 17.1 Å². The van der Waals surface area contributed by atoms with Crippen molar-refractivity contribution in [2.45, 2.75) is 0 Å². The lowest BCUT2D eigenvalue weighted by molar-refractivity contribution is 1.15. The maximum atomic E-state index is 2.44. The molecule has 1 heterocycles. The highest BCUT2D eigenvalue weighted by Gasteiger charge is 2.21. The van der Waals surface area contributed by atoms with Crippen LogP contribution < -0.4 is 4.90 Å². The fourth-order valence-corrected chi connectivity index (χ4v) is 7.99. The highest BCUT2D eigenvalue weighted by molar-refractivity contribution is 6.14. The van der Waals surface area contributed by atoms with Crippen molar-refractivity contribution in [3.8, 4) is 27.9 Å². The van der Waals surface area contributed by atoms with Crippen LogP contribution in [-0.2, 0) is 0 Å². The lowest BCUT2D eigenvalue weighted by atomic mass is 9.91. The Bertz CT molecular complexity index is 2880. The van der Waals surface area contributed by atoms with E-state index in [1.165, 1.54) is 65.6 Å². The number of anilines is 3. The molecule has 2 heteroatoms. The van der Waals surface area contributed by atoms with Crippen LogP contribution in [0, 0.1) is 0 Å². The van der Waals surface area contributed by atoms with E-state index in [1.54, 1.807) is 0 Å². The minimum absolute atomic E-state index is 1.09. The van der Waals surface area contributed by atoms with Gasteiger partial charge in [-0.25, -0.2) is 0 Å². The van der Waals surface area contributed by atoms with Crippen LogP contribution in [0.15, 0.2) is 206 Å². The van der Waals surface area contributed by atoms with Crippen LogP contribution in [0.1, 0.15) is 0 Å². The van der Waals surface area contributed by atoms with Gasteiger partial charge < -0.3 is 9.47 Å². The molecule has 9 aromatic carbocycles. The Morgan fingerprint density at radius 3 is 1.65 bits per heavy atom. The summed E-state index contributed by atoms with van der Waals surface area (Å²) >= 11 is 0. The molecular weight excluding hydrogens is 629 g/mol. The summed E-state index contributed by atoms with van der Waals surface area (Å²) in [7, 11) is 0. The summed E-state index contributed by atoms with van der Waals surface area (Å²) in [6, 6.07) is 74.6. The number of hydrogen-bond donors (Lipinski definition) is 0. The van der Waals surface area contributed by atoms with Gasteiger partial charge in [-0.15, -0.1) is 0 Å². The zero-order valence-electron chi connectivity index (χ0n) is 28.5. The predicted molar refractivity (Wildman–Crippen MR) is 221 cm³/mol. The van der Waals surface area contributed by atoms with Gasteiger partial charge in [-0.3, -0.25) is 0 Å². The second kappa shape index (κ2) is 12.5. The molecule has 0 bridgehead atoms. The summed E-state index contributed by atoms with van der Waals surface area (Å²) in [5.74, 6) is 0. The Morgan fingerprint density at radius 1 is 0.346 bits per heavy atom. The summed E-state index contributed by atoms with van der Waals surface area (Å²) < 4.78 is 2.44. The fourth-order valence-electron chi connectivity index (χ4n) is 7.99. The van der Waals surface area contributed by atoms with Crippen LogP contribution in [0.3, 0.4) is 0 Å². The molecule has 1 aromatic heterocycles. The maximum absolute atomic E-state index is 2.44. The Morgan fingerprint density at radius 2 is 0.904 bits per heavy atom. The van der Waals surface area contributed by atoms with Crippen molar-refractivity contribution in [2.24, 2.45) is 0 Å². The summed E-state index contributed by atoms with van der Waals surface area (Å²) in [6.07, 6.45) is 0. The van der Waals surface area contributed by atoms with Gasteiger partial charge in [0.1, 0.15) is 0 Å². The average Bonchev–Trinajstić information content (AvgIpc) is 3.53. The molecule has 0 fully saturated rings.